The smallest absolute Gasteiger partial charge is 0.346 e. The zero-order valence-corrected chi connectivity index (χ0v) is 22.2. The quantitative estimate of drug-likeness (QED) is 0.270. The molecule has 1 aliphatic rings. The Hall–Kier alpha value is -3.97. The van der Waals surface area contributed by atoms with Gasteiger partial charge in [0.05, 0.1) is 20.1 Å². The number of rotatable bonds is 9. The van der Waals surface area contributed by atoms with Gasteiger partial charge in [-0.05, 0) is 54.1 Å². The molecule has 3 atom stereocenters. The Morgan fingerprint density at radius 3 is 1.84 bits per heavy atom. The van der Waals surface area contributed by atoms with Crippen LogP contribution in [0, 0.1) is 11.3 Å². The number of esters is 1. The van der Waals surface area contributed by atoms with Crippen molar-refractivity contribution in [1.82, 2.24) is 0 Å². The number of cyclic esters (lactones) is 1. The van der Waals surface area contributed by atoms with Crippen molar-refractivity contribution in [3.63, 3.8) is 0 Å². The summed E-state index contributed by atoms with van der Waals surface area (Å²) in [6.07, 6.45) is -1.20. The summed E-state index contributed by atoms with van der Waals surface area (Å²) in [6, 6.07) is 22.0. The highest BCUT2D eigenvalue weighted by molar-refractivity contribution is 6.07. The van der Waals surface area contributed by atoms with Crippen molar-refractivity contribution < 1.29 is 33.3 Å². The molecule has 198 valence electrons. The van der Waals surface area contributed by atoms with Crippen LogP contribution in [0.4, 0.5) is 0 Å². The maximum absolute atomic E-state index is 14.2. The molecule has 3 aromatic rings. The Labute approximate surface area is 222 Å². The molecule has 1 saturated heterocycles. The third kappa shape index (κ3) is 5.20. The van der Waals surface area contributed by atoms with Gasteiger partial charge in [-0.25, -0.2) is 4.79 Å². The van der Waals surface area contributed by atoms with E-state index in [4.69, 9.17) is 18.9 Å². The molecule has 0 saturated carbocycles. The van der Waals surface area contributed by atoms with Gasteiger partial charge in [-0.2, -0.15) is 0 Å². The van der Waals surface area contributed by atoms with Gasteiger partial charge in [0.15, 0.2) is 11.6 Å². The summed E-state index contributed by atoms with van der Waals surface area (Å²) in [5.41, 5.74) is -1.23. The van der Waals surface area contributed by atoms with E-state index in [0.29, 0.717) is 28.2 Å². The predicted molar refractivity (Wildman–Crippen MR) is 141 cm³/mol. The van der Waals surface area contributed by atoms with E-state index in [2.05, 4.69) is 0 Å². The molecular weight excluding hydrogens is 484 g/mol. The van der Waals surface area contributed by atoms with E-state index in [9.17, 15) is 14.4 Å². The number of hydrogen-bond acceptors (Lipinski definition) is 7. The van der Waals surface area contributed by atoms with Gasteiger partial charge in [-0.15, -0.1) is 0 Å². The molecule has 7 nitrogen and oxygen atoms in total. The zero-order valence-electron chi connectivity index (χ0n) is 22.2. The summed E-state index contributed by atoms with van der Waals surface area (Å²) >= 11 is 0. The SMILES string of the molecule is COc1ccc(C(=O)CC(C(=O)c2ccc(OC)cc2)[C@@]2(c3ccccc3)O[C@H](C(C)(C)C)OC2=O)cc1. The maximum atomic E-state index is 14.2. The Morgan fingerprint density at radius 1 is 0.842 bits per heavy atom. The van der Waals surface area contributed by atoms with Gasteiger partial charge in [0.25, 0.3) is 0 Å². The van der Waals surface area contributed by atoms with Crippen molar-refractivity contribution in [2.24, 2.45) is 11.3 Å². The summed E-state index contributed by atoms with van der Waals surface area (Å²) < 4.78 is 22.6. The lowest BCUT2D eigenvalue weighted by molar-refractivity contribution is -0.159. The molecule has 1 aliphatic heterocycles. The second-order valence-electron chi connectivity index (χ2n) is 10.3. The number of methoxy groups -OCH3 is 2. The number of carbonyl (C=O) groups excluding carboxylic acids is 3. The van der Waals surface area contributed by atoms with Crippen LogP contribution < -0.4 is 9.47 Å². The molecule has 1 unspecified atom stereocenters. The lowest BCUT2D eigenvalue weighted by atomic mass is 9.74. The van der Waals surface area contributed by atoms with Crippen molar-refractivity contribution in [2.45, 2.75) is 39.1 Å². The monoisotopic (exact) mass is 516 g/mol. The van der Waals surface area contributed by atoms with E-state index in [1.807, 2.05) is 26.8 Å². The van der Waals surface area contributed by atoms with Crippen LogP contribution in [0.15, 0.2) is 78.9 Å². The Bertz CT molecular complexity index is 1290. The number of Topliss-reactive ketones (excluding diaryl/α,β-unsaturated/α-hetero) is 2. The van der Waals surface area contributed by atoms with Crippen LogP contribution in [0.5, 0.6) is 11.5 Å². The van der Waals surface area contributed by atoms with E-state index in [1.165, 1.54) is 7.11 Å². The van der Waals surface area contributed by atoms with Crippen LogP contribution in [-0.4, -0.2) is 38.0 Å². The third-order valence-electron chi connectivity index (χ3n) is 6.70. The average molecular weight is 517 g/mol. The fraction of sp³-hybridized carbons (Fsp3) is 0.323. The summed E-state index contributed by atoms with van der Waals surface area (Å²) in [5.74, 6) is -1.44. The van der Waals surface area contributed by atoms with Crippen LogP contribution in [0.2, 0.25) is 0 Å². The second-order valence-corrected chi connectivity index (χ2v) is 10.3. The number of ether oxygens (including phenoxy) is 4. The predicted octanol–water partition coefficient (Wildman–Crippen LogP) is 5.62. The van der Waals surface area contributed by atoms with E-state index in [0.717, 1.165) is 0 Å². The summed E-state index contributed by atoms with van der Waals surface area (Å²) in [5, 5.41) is 0. The normalized spacial score (nSPS) is 19.9. The molecule has 7 heteroatoms. The molecule has 1 heterocycles. The first kappa shape index (κ1) is 27.1. The number of hydrogen-bond donors (Lipinski definition) is 0. The molecule has 0 bridgehead atoms. The molecule has 0 aromatic heterocycles. The third-order valence-corrected chi connectivity index (χ3v) is 6.70. The average Bonchev–Trinajstić information content (AvgIpc) is 3.30. The highest BCUT2D eigenvalue weighted by atomic mass is 16.8. The summed E-state index contributed by atoms with van der Waals surface area (Å²) in [7, 11) is 3.07. The van der Waals surface area contributed by atoms with Crippen LogP contribution >= 0.6 is 0 Å². The molecule has 4 rings (SSSR count). The number of carbonyl (C=O) groups is 3. The first-order valence-electron chi connectivity index (χ1n) is 12.4. The molecular formula is C31H32O7. The molecule has 0 spiro atoms. The Balaban J connectivity index is 1.85. The van der Waals surface area contributed by atoms with Crippen LogP contribution in [-0.2, 0) is 19.9 Å². The second kappa shape index (κ2) is 10.8. The van der Waals surface area contributed by atoms with Gasteiger partial charge in [-0.1, -0.05) is 51.1 Å². The van der Waals surface area contributed by atoms with Gasteiger partial charge >= 0.3 is 5.97 Å². The van der Waals surface area contributed by atoms with E-state index in [1.54, 1.807) is 79.9 Å². The van der Waals surface area contributed by atoms with Crippen LogP contribution in [0.1, 0.15) is 53.5 Å². The lowest BCUT2D eigenvalue weighted by Gasteiger charge is -2.34. The van der Waals surface area contributed by atoms with Gasteiger partial charge in [0.2, 0.25) is 11.9 Å². The summed E-state index contributed by atoms with van der Waals surface area (Å²) in [6.45, 7) is 5.65. The van der Waals surface area contributed by atoms with E-state index >= 15 is 0 Å². The minimum Gasteiger partial charge on any atom is -0.497 e. The fourth-order valence-corrected chi connectivity index (χ4v) is 4.53. The van der Waals surface area contributed by atoms with Gasteiger partial charge < -0.3 is 18.9 Å². The van der Waals surface area contributed by atoms with Crippen molar-refractivity contribution in [3.8, 4) is 11.5 Å². The Morgan fingerprint density at radius 2 is 1.37 bits per heavy atom. The largest absolute Gasteiger partial charge is 0.497 e. The Kier molecular flexibility index (Phi) is 7.69. The molecule has 3 aromatic carbocycles. The zero-order chi connectivity index (χ0) is 27.5. The van der Waals surface area contributed by atoms with Crippen LogP contribution in [0.25, 0.3) is 0 Å². The standard InChI is InChI=1S/C31H32O7/c1-30(2,3)29-37-28(34)31(38-29,22-9-7-6-8-10-22)25(27(33)21-13-17-24(36-5)18-14-21)19-26(32)20-11-15-23(35-4)16-12-20/h6-18,25,29H,19H2,1-5H3/t25?,29-,31-/m1/s1. The molecule has 0 radical (unpaired) electrons. The number of ketones is 2. The topological polar surface area (TPSA) is 88.1 Å². The van der Waals surface area contributed by atoms with Crippen molar-refractivity contribution in [3.05, 3.63) is 95.6 Å². The molecule has 0 amide bonds. The van der Waals surface area contributed by atoms with Crippen LogP contribution in [0.3, 0.4) is 0 Å². The molecule has 0 N–H and O–H groups in total. The minimum atomic E-state index is -1.82. The lowest BCUT2D eigenvalue weighted by Crippen LogP contribution is -2.47. The summed E-state index contributed by atoms with van der Waals surface area (Å²) in [4.78, 5) is 41.5. The van der Waals surface area contributed by atoms with E-state index < -0.39 is 35.0 Å². The number of benzene rings is 3. The molecule has 0 aliphatic carbocycles. The van der Waals surface area contributed by atoms with Crippen molar-refractivity contribution >= 4 is 17.5 Å². The maximum Gasteiger partial charge on any atom is 0.346 e. The first-order valence-corrected chi connectivity index (χ1v) is 12.4. The highest BCUT2D eigenvalue weighted by Crippen LogP contribution is 2.48. The van der Waals surface area contributed by atoms with Gasteiger partial charge in [0.1, 0.15) is 11.5 Å². The fourth-order valence-electron chi connectivity index (χ4n) is 4.53. The van der Waals surface area contributed by atoms with E-state index in [-0.39, 0.29) is 12.2 Å². The molecule has 1 fully saturated rings. The molecule has 38 heavy (non-hydrogen) atoms. The van der Waals surface area contributed by atoms with Gasteiger partial charge in [-0.3, -0.25) is 9.59 Å². The van der Waals surface area contributed by atoms with Crippen molar-refractivity contribution in [2.75, 3.05) is 14.2 Å². The van der Waals surface area contributed by atoms with Gasteiger partial charge in [0, 0.05) is 23.0 Å². The van der Waals surface area contributed by atoms with Crippen molar-refractivity contribution in [1.29, 1.82) is 0 Å². The minimum absolute atomic E-state index is 0.280. The first-order chi connectivity index (χ1) is 18.1. The highest BCUT2D eigenvalue weighted by Gasteiger charge is 2.61.